The van der Waals surface area contributed by atoms with Gasteiger partial charge in [-0.15, -0.1) is 0 Å². The Balaban J connectivity index is 2.70. The van der Waals surface area contributed by atoms with Gasteiger partial charge in [-0.1, -0.05) is 23.7 Å². The highest BCUT2D eigenvalue weighted by molar-refractivity contribution is 6.30. The molecule has 0 aliphatic heterocycles. The van der Waals surface area contributed by atoms with E-state index in [4.69, 9.17) is 17.3 Å². The second-order valence-electron chi connectivity index (χ2n) is 3.83. The van der Waals surface area contributed by atoms with Crippen LogP contribution in [0.3, 0.4) is 0 Å². The predicted octanol–water partition coefficient (Wildman–Crippen LogP) is 2.66. The molecule has 0 fully saturated rings. The number of alkyl halides is 3. The van der Waals surface area contributed by atoms with Gasteiger partial charge < -0.3 is 5.73 Å². The maximum atomic E-state index is 12.6. The molecule has 6 heteroatoms. The Hall–Kier alpha value is -0.780. The summed E-state index contributed by atoms with van der Waals surface area (Å²) in [6, 6.07) is 5.06. The summed E-state index contributed by atoms with van der Waals surface area (Å²) >= 11 is 5.70. The highest BCUT2D eigenvalue weighted by Crippen LogP contribution is 2.24. The van der Waals surface area contributed by atoms with Gasteiger partial charge in [0.2, 0.25) is 0 Å². The van der Waals surface area contributed by atoms with Gasteiger partial charge in [0, 0.05) is 18.1 Å². The monoisotopic (exact) mass is 266 g/mol. The lowest BCUT2D eigenvalue weighted by Gasteiger charge is -2.28. The highest BCUT2D eigenvalue weighted by atomic mass is 35.5. The third-order valence-corrected chi connectivity index (χ3v) is 2.73. The van der Waals surface area contributed by atoms with Crippen molar-refractivity contribution in [2.24, 2.45) is 5.73 Å². The average molecular weight is 267 g/mol. The first kappa shape index (κ1) is 14.3. The van der Waals surface area contributed by atoms with Crippen molar-refractivity contribution in [3.8, 4) is 0 Å². The molecule has 0 aliphatic carbocycles. The first-order chi connectivity index (χ1) is 7.84. The SMILES string of the molecule is CN(Cc1ccc(Cl)cc1)C(CN)C(F)(F)F. The van der Waals surface area contributed by atoms with E-state index >= 15 is 0 Å². The van der Waals surface area contributed by atoms with Crippen molar-refractivity contribution in [1.82, 2.24) is 4.90 Å². The normalized spacial score (nSPS) is 14.1. The molecule has 96 valence electrons. The molecule has 1 atom stereocenters. The van der Waals surface area contributed by atoms with E-state index in [2.05, 4.69) is 0 Å². The summed E-state index contributed by atoms with van der Waals surface area (Å²) in [4.78, 5) is 1.18. The number of nitrogens with zero attached hydrogens (tertiary/aromatic N) is 1. The Morgan fingerprint density at radius 3 is 2.24 bits per heavy atom. The van der Waals surface area contributed by atoms with Crippen molar-refractivity contribution in [2.75, 3.05) is 13.6 Å². The van der Waals surface area contributed by atoms with E-state index in [1.807, 2.05) is 0 Å². The Morgan fingerprint density at radius 1 is 1.29 bits per heavy atom. The summed E-state index contributed by atoms with van der Waals surface area (Å²) in [6.45, 7) is -0.272. The summed E-state index contributed by atoms with van der Waals surface area (Å²) in [5, 5.41) is 0.558. The molecule has 0 spiro atoms. The molecule has 0 bridgehead atoms. The van der Waals surface area contributed by atoms with Crippen molar-refractivity contribution < 1.29 is 13.2 Å². The van der Waals surface area contributed by atoms with E-state index < -0.39 is 18.8 Å². The van der Waals surface area contributed by atoms with Crippen LogP contribution in [0.5, 0.6) is 0 Å². The number of likely N-dealkylation sites (N-methyl/N-ethyl adjacent to an activating group) is 1. The number of nitrogens with two attached hydrogens (primary N) is 1. The topological polar surface area (TPSA) is 29.3 Å². The first-order valence-corrected chi connectivity index (χ1v) is 5.44. The van der Waals surface area contributed by atoms with E-state index in [-0.39, 0.29) is 6.54 Å². The molecule has 0 saturated heterocycles. The van der Waals surface area contributed by atoms with E-state index in [9.17, 15) is 13.2 Å². The minimum atomic E-state index is -4.31. The summed E-state index contributed by atoms with van der Waals surface area (Å²) in [5.41, 5.74) is 5.92. The van der Waals surface area contributed by atoms with Crippen LogP contribution in [-0.2, 0) is 6.54 Å². The number of halogens is 4. The standard InChI is InChI=1S/C11H14ClF3N2/c1-17(10(6-16)11(13,14)15)7-8-2-4-9(12)5-3-8/h2-5,10H,6-7,16H2,1H3. The van der Waals surface area contributed by atoms with Gasteiger partial charge in [0.15, 0.2) is 0 Å². The minimum Gasteiger partial charge on any atom is -0.329 e. The molecule has 0 aliphatic rings. The summed E-state index contributed by atoms with van der Waals surface area (Å²) < 4.78 is 37.8. The smallest absolute Gasteiger partial charge is 0.329 e. The molecule has 1 rings (SSSR count). The van der Waals surface area contributed by atoms with Crippen LogP contribution in [0, 0.1) is 0 Å². The van der Waals surface area contributed by atoms with E-state index in [0.717, 1.165) is 5.56 Å². The maximum absolute atomic E-state index is 12.6. The van der Waals surface area contributed by atoms with Gasteiger partial charge >= 0.3 is 6.18 Å². The molecule has 0 radical (unpaired) electrons. The Morgan fingerprint density at radius 2 is 1.82 bits per heavy atom. The average Bonchev–Trinajstić information content (AvgIpc) is 2.20. The van der Waals surface area contributed by atoms with Crippen LogP contribution in [0.1, 0.15) is 5.56 Å². The van der Waals surface area contributed by atoms with Crippen LogP contribution in [0.4, 0.5) is 13.2 Å². The Labute approximate surface area is 103 Å². The Bertz CT molecular complexity index is 351. The zero-order valence-corrected chi connectivity index (χ0v) is 10.1. The van der Waals surface area contributed by atoms with Crippen molar-refractivity contribution in [2.45, 2.75) is 18.8 Å². The second kappa shape index (κ2) is 5.71. The number of rotatable bonds is 4. The lowest BCUT2D eigenvalue weighted by Crippen LogP contribution is -2.48. The molecular weight excluding hydrogens is 253 g/mol. The largest absolute Gasteiger partial charge is 0.405 e. The zero-order chi connectivity index (χ0) is 13.1. The van der Waals surface area contributed by atoms with Crippen molar-refractivity contribution in [3.05, 3.63) is 34.9 Å². The molecule has 2 N–H and O–H groups in total. The van der Waals surface area contributed by atoms with E-state index in [1.165, 1.54) is 11.9 Å². The zero-order valence-electron chi connectivity index (χ0n) is 9.34. The molecule has 0 saturated carbocycles. The molecule has 0 heterocycles. The molecule has 0 amide bonds. The van der Waals surface area contributed by atoms with Crippen LogP contribution < -0.4 is 5.73 Å². The lowest BCUT2D eigenvalue weighted by molar-refractivity contribution is -0.178. The van der Waals surface area contributed by atoms with Crippen LogP contribution in [0.15, 0.2) is 24.3 Å². The van der Waals surface area contributed by atoms with Gasteiger partial charge in [0.05, 0.1) is 0 Å². The molecule has 0 aromatic heterocycles. The highest BCUT2D eigenvalue weighted by Gasteiger charge is 2.41. The molecule has 17 heavy (non-hydrogen) atoms. The fraction of sp³-hybridized carbons (Fsp3) is 0.455. The van der Waals surface area contributed by atoms with Crippen LogP contribution in [0.2, 0.25) is 5.02 Å². The second-order valence-corrected chi connectivity index (χ2v) is 4.27. The maximum Gasteiger partial charge on any atom is 0.405 e. The van der Waals surface area contributed by atoms with Crippen molar-refractivity contribution in [1.29, 1.82) is 0 Å². The number of benzene rings is 1. The molecule has 1 aromatic rings. The molecule has 1 aromatic carbocycles. The Kier molecular flexibility index (Phi) is 4.80. The van der Waals surface area contributed by atoms with Gasteiger partial charge in [0.25, 0.3) is 0 Å². The van der Waals surface area contributed by atoms with Crippen molar-refractivity contribution in [3.63, 3.8) is 0 Å². The van der Waals surface area contributed by atoms with Crippen LogP contribution in [-0.4, -0.2) is 30.7 Å². The van der Waals surface area contributed by atoms with Gasteiger partial charge in [0.1, 0.15) is 6.04 Å². The predicted molar refractivity (Wildman–Crippen MR) is 61.8 cm³/mol. The number of hydrogen-bond acceptors (Lipinski definition) is 2. The fourth-order valence-corrected chi connectivity index (χ4v) is 1.68. The summed E-state index contributed by atoms with van der Waals surface area (Å²) in [5.74, 6) is 0. The molecule has 1 unspecified atom stereocenters. The first-order valence-electron chi connectivity index (χ1n) is 5.06. The van der Waals surface area contributed by atoms with Crippen molar-refractivity contribution >= 4 is 11.6 Å². The quantitative estimate of drug-likeness (QED) is 0.908. The van der Waals surface area contributed by atoms with Gasteiger partial charge in [-0.3, -0.25) is 4.90 Å². The summed E-state index contributed by atoms with van der Waals surface area (Å²) in [6.07, 6.45) is -4.31. The third-order valence-electron chi connectivity index (χ3n) is 2.48. The third kappa shape index (κ3) is 4.18. The van der Waals surface area contributed by atoms with Crippen LogP contribution >= 0.6 is 11.6 Å². The van der Waals surface area contributed by atoms with E-state index in [0.29, 0.717) is 5.02 Å². The van der Waals surface area contributed by atoms with Gasteiger partial charge in [-0.2, -0.15) is 13.2 Å². The lowest BCUT2D eigenvalue weighted by atomic mass is 10.2. The molecule has 2 nitrogen and oxygen atoms in total. The van der Waals surface area contributed by atoms with Gasteiger partial charge in [-0.25, -0.2) is 0 Å². The number of hydrogen-bond donors (Lipinski definition) is 1. The summed E-state index contributed by atoms with van der Waals surface area (Å²) in [7, 11) is 1.40. The fourth-order valence-electron chi connectivity index (χ4n) is 1.55. The minimum absolute atomic E-state index is 0.179. The van der Waals surface area contributed by atoms with Crippen LogP contribution in [0.25, 0.3) is 0 Å². The molecular formula is C11H14ClF3N2. The van der Waals surface area contributed by atoms with E-state index in [1.54, 1.807) is 24.3 Å². The van der Waals surface area contributed by atoms with Gasteiger partial charge in [-0.05, 0) is 24.7 Å².